The number of Topliss-reactive ketones (excluding diaryl/α,β-unsaturated/α-hetero) is 1. The molecule has 1 rings (SSSR count). The molecule has 0 aliphatic rings. The minimum absolute atomic E-state index is 0.0875. The van der Waals surface area contributed by atoms with Gasteiger partial charge >= 0.3 is 0 Å². The van der Waals surface area contributed by atoms with Gasteiger partial charge < -0.3 is 10.2 Å². The number of carbonyl (C=O) groups is 1. The second-order valence-electron chi connectivity index (χ2n) is 2.28. The fourth-order valence-corrected chi connectivity index (χ4v) is 0.971. The van der Waals surface area contributed by atoms with Crippen LogP contribution in [0.3, 0.4) is 0 Å². The average Bonchev–Trinajstić information content (AvgIpc) is 2.08. The van der Waals surface area contributed by atoms with E-state index in [0.29, 0.717) is 5.56 Å². The Hall–Kier alpha value is -1.16. The van der Waals surface area contributed by atoms with Crippen LogP contribution in [0, 0.1) is 0 Å². The summed E-state index contributed by atoms with van der Waals surface area (Å²) in [5.41, 5.74) is 0.348. The van der Waals surface area contributed by atoms with Gasteiger partial charge in [-0.25, -0.2) is 0 Å². The van der Waals surface area contributed by atoms with Crippen LogP contribution >= 0.6 is 12.6 Å². The monoisotopic (exact) mass is 184 g/mol. The SMILES string of the molecule is O=C(CS)c1ccc(O)c(O)c1. The standard InChI is InChI=1S/C8H8O3S/c9-6-2-1-5(3-7(6)10)8(11)4-12/h1-3,9-10,12H,4H2. The van der Waals surface area contributed by atoms with E-state index in [4.69, 9.17) is 10.2 Å². The van der Waals surface area contributed by atoms with Gasteiger partial charge in [0.2, 0.25) is 0 Å². The van der Waals surface area contributed by atoms with Gasteiger partial charge in [-0.15, -0.1) is 0 Å². The lowest BCUT2D eigenvalue weighted by Gasteiger charge is -1.99. The first-order chi connectivity index (χ1) is 5.65. The number of phenolic OH excluding ortho intramolecular Hbond substituents is 2. The number of ketones is 1. The molecule has 0 aliphatic carbocycles. The summed E-state index contributed by atoms with van der Waals surface area (Å²) in [6.45, 7) is 0. The van der Waals surface area contributed by atoms with Crippen LogP contribution in [-0.4, -0.2) is 21.7 Å². The first-order valence-electron chi connectivity index (χ1n) is 3.31. The van der Waals surface area contributed by atoms with Crippen molar-refractivity contribution in [3.63, 3.8) is 0 Å². The Kier molecular flexibility index (Phi) is 2.60. The smallest absolute Gasteiger partial charge is 0.172 e. The molecule has 0 aromatic heterocycles. The van der Waals surface area contributed by atoms with Crippen LogP contribution in [0.15, 0.2) is 18.2 Å². The summed E-state index contributed by atoms with van der Waals surface area (Å²) in [6.07, 6.45) is 0. The average molecular weight is 184 g/mol. The van der Waals surface area contributed by atoms with Crippen molar-refractivity contribution in [1.29, 1.82) is 0 Å². The highest BCUT2D eigenvalue weighted by Gasteiger charge is 2.06. The van der Waals surface area contributed by atoms with Gasteiger partial charge in [-0.05, 0) is 18.2 Å². The van der Waals surface area contributed by atoms with Gasteiger partial charge in [0.15, 0.2) is 17.3 Å². The molecule has 0 atom stereocenters. The Morgan fingerprint density at radius 2 is 2.00 bits per heavy atom. The highest BCUT2D eigenvalue weighted by atomic mass is 32.1. The van der Waals surface area contributed by atoms with Gasteiger partial charge in [0, 0.05) is 5.56 Å². The van der Waals surface area contributed by atoms with Crippen molar-refractivity contribution >= 4 is 18.4 Å². The maximum Gasteiger partial charge on any atom is 0.172 e. The molecule has 0 unspecified atom stereocenters. The Morgan fingerprint density at radius 1 is 1.33 bits per heavy atom. The summed E-state index contributed by atoms with van der Waals surface area (Å²) in [7, 11) is 0. The predicted molar refractivity (Wildman–Crippen MR) is 48.0 cm³/mol. The Bertz CT molecular complexity index is 309. The molecule has 0 radical (unpaired) electrons. The van der Waals surface area contributed by atoms with E-state index in [1.54, 1.807) is 0 Å². The lowest BCUT2D eigenvalue weighted by atomic mass is 10.1. The molecule has 0 saturated carbocycles. The first-order valence-corrected chi connectivity index (χ1v) is 3.94. The number of benzene rings is 1. The van der Waals surface area contributed by atoms with Crippen molar-refractivity contribution in [2.75, 3.05) is 5.75 Å². The number of thiol groups is 1. The molecule has 1 aromatic rings. The quantitative estimate of drug-likeness (QED) is 0.368. The van der Waals surface area contributed by atoms with Crippen LogP contribution in [0.4, 0.5) is 0 Å². The van der Waals surface area contributed by atoms with Crippen molar-refractivity contribution < 1.29 is 15.0 Å². The molecule has 4 heteroatoms. The molecular weight excluding hydrogens is 176 g/mol. The van der Waals surface area contributed by atoms with E-state index in [1.807, 2.05) is 0 Å². The number of carbonyl (C=O) groups excluding carboxylic acids is 1. The van der Waals surface area contributed by atoms with E-state index >= 15 is 0 Å². The maximum atomic E-state index is 11.0. The number of hydrogen-bond acceptors (Lipinski definition) is 4. The lowest BCUT2D eigenvalue weighted by Crippen LogP contribution is -1.99. The van der Waals surface area contributed by atoms with Gasteiger partial charge in [-0.2, -0.15) is 12.6 Å². The van der Waals surface area contributed by atoms with Gasteiger partial charge in [0.05, 0.1) is 5.75 Å². The third kappa shape index (κ3) is 1.71. The third-order valence-corrected chi connectivity index (χ3v) is 1.73. The second-order valence-corrected chi connectivity index (χ2v) is 2.60. The van der Waals surface area contributed by atoms with Gasteiger partial charge in [0.1, 0.15) is 0 Å². The highest BCUT2D eigenvalue weighted by molar-refractivity contribution is 7.81. The summed E-state index contributed by atoms with van der Waals surface area (Å²) in [6, 6.07) is 3.92. The molecule has 0 heterocycles. The minimum Gasteiger partial charge on any atom is -0.504 e. The number of rotatable bonds is 2. The molecule has 12 heavy (non-hydrogen) atoms. The summed E-state index contributed by atoms with van der Waals surface area (Å²) >= 11 is 3.79. The Balaban J connectivity index is 3.05. The fraction of sp³-hybridized carbons (Fsp3) is 0.125. The number of hydrogen-bond donors (Lipinski definition) is 3. The molecule has 0 bridgehead atoms. The zero-order valence-corrected chi connectivity index (χ0v) is 7.08. The van der Waals surface area contributed by atoms with Crippen molar-refractivity contribution in [2.45, 2.75) is 0 Å². The summed E-state index contributed by atoms with van der Waals surface area (Å²) in [5.74, 6) is -0.619. The lowest BCUT2D eigenvalue weighted by molar-refractivity contribution is 0.102. The summed E-state index contributed by atoms with van der Waals surface area (Å²) < 4.78 is 0. The maximum absolute atomic E-state index is 11.0. The molecular formula is C8H8O3S. The zero-order chi connectivity index (χ0) is 9.14. The third-order valence-electron chi connectivity index (χ3n) is 1.44. The summed E-state index contributed by atoms with van der Waals surface area (Å²) in [4.78, 5) is 11.0. The first kappa shape index (κ1) is 8.93. The molecule has 2 N–H and O–H groups in total. The molecule has 0 aliphatic heterocycles. The van der Waals surface area contributed by atoms with Crippen LogP contribution in [-0.2, 0) is 0 Å². The molecule has 0 saturated heterocycles. The molecule has 0 amide bonds. The second kappa shape index (κ2) is 3.49. The van der Waals surface area contributed by atoms with E-state index in [1.165, 1.54) is 18.2 Å². The summed E-state index contributed by atoms with van der Waals surface area (Å²) in [5, 5.41) is 17.9. The van der Waals surface area contributed by atoms with Crippen LogP contribution in [0.1, 0.15) is 10.4 Å². The molecule has 1 aromatic carbocycles. The van der Waals surface area contributed by atoms with Crippen molar-refractivity contribution in [2.24, 2.45) is 0 Å². The van der Waals surface area contributed by atoms with Gasteiger partial charge in [0.25, 0.3) is 0 Å². The van der Waals surface area contributed by atoms with E-state index in [-0.39, 0.29) is 23.0 Å². The number of aromatic hydroxyl groups is 2. The van der Waals surface area contributed by atoms with Crippen molar-refractivity contribution in [3.8, 4) is 11.5 Å². The molecule has 3 nitrogen and oxygen atoms in total. The van der Waals surface area contributed by atoms with Crippen LogP contribution in [0.2, 0.25) is 0 Å². The molecule has 0 spiro atoms. The van der Waals surface area contributed by atoms with E-state index in [0.717, 1.165) is 0 Å². The predicted octanol–water partition coefficient (Wildman–Crippen LogP) is 1.21. The van der Waals surface area contributed by atoms with E-state index in [2.05, 4.69) is 12.6 Å². The number of phenols is 2. The highest BCUT2D eigenvalue weighted by Crippen LogP contribution is 2.24. The van der Waals surface area contributed by atoms with E-state index < -0.39 is 0 Å². The normalized spacial score (nSPS) is 9.75. The van der Waals surface area contributed by atoms with Crippen molar-refractivity contribution in [3.05, 3.63) is 23.8 Å². The zero-order valence-electron chi connectivity index (χ0n) is 6.19. The van der Waals surface area contributed by atoms with E-state index in [9.17, 15) is 4.79 Å². The molecule has 0 fully saturated rings. The van der Waals surface area contributed by atoms with Gasteiger partial charge in [-0.3, -0.25) is 4.79 Å². The Morgan fingerprint density at radius 3 is 2.50 bits per heavy atom. The van der Waals surface area contributed by atoms with Crippen LogP contribution in [0.5, 0.6) is 11.5 Å². The Labute approximate surface area is 75.1 Å². The van der Waals surface area contributed by atoms with Crippen LogP contribution < -0.4 is 0 Å². The minimum atomic E-state index is -0.289. The topological polar surface area (TPSA) is 57.5 Å². The fourth-order valence-electron chi connectivity index (χ4n) is 0.788. The van der Waals surface area contributed by atoms with Crippen molar-refractivity contribution in [1.82, 2.24) is 0 Å². The largest absolute Gasteiger partial charge is 0.504 e. The van der Waals surface area contributed by atoms with Gasteiger partial charge in [-0.1, -0.05) is 0 Å². The van der Waals surface area contributed by atoms with Crippen LogP contribution in [0.25, 0.3) is 0 Å². The molecule has 64 valence electrons.